The molecule has 8 heteroatoms. The van der Waals surface area contributed by atoms with Gasteiger partial charge < -0.3 is 20.9 Å². The number of nitrogens with zero attached hydrogens (tertiary/aromatic N) is 3. The number of nitrogens with one attached hydrogen (secondary N) is 1. The van der Waals surface area contributed by atoms with Crippen LogP contribution < -0.4 is 16.0 Å². The lowest BCUT2D eigenvalue weighted by atomic mass is 10.0. The summed E-state index contributed by atoms with van der Waals surface area (Å²) in [5, 5.41) is 3.14. The molecule has 3 N–H and O–H groups in total. The van der Waals surface area contributed by atoms with Gasteiger partial charge in [-0.25, -0.2) is 4.79 Å². The van der Waals surface area contributed by atoms with E-state index in [9.17, 15) is 9.59 Å². The number of halogens is 1. The van der Waals surface area contributed by atoms with E-state index in [4.69, 9.17) is 17.3 Å². The van der Waals surface area contributed by atoms with Crippen LogP contribution in [-0.2, 0) is 4.79 Å². The molecule has 0 radical (unpaired) electrons. The summed E-state index contributed by atoms with van der Waals surface area (Å²) in [7, 11) is 0. The molecule has 1 atom stereocenters. The Kier molecular flexibility index (Phi) is 6.21. The number of nitrogens with two attached hydrogens (primary N) is 1. The van der Waals surface area contributed by atoms with Crippen molar-refractivity contribution >= 4 is 29.2 Å². The van der Waals surface area contributed by atoms with Gasteiger partial charge in [-0.3, -0.25) is 9.69 Å². The third-order valence-corrected chi connectivity index (χ3v) is 5.40. The van der Waals surface area contributed by atoms with Gasteiger partial charge in [-0.2, -0.15) is 0 Å². The van der Waals surface area contributed by atoms with Crippen molar-refractivity contribution < 1.29 is 9.59 Å². The monoisotopic (exact) mass is 379 g/mol. The number of piperazine rings is 1. The molecule has 2 saturated heterocycles. The first-order chi connectivity index (χ1) is 12.5. The summed E-state index contributed by atoms with van der Waals surface area (Å²) in [6, 6.07) is 7.68. The standard InChI is InChI=1S/C18H26ClN5O2/c19-14-3-1-4-15(11-14)22-7-9-23(10-8-22)16-5-2-6-24(13-16)17(25)12-21-18(20)26/h1,3-4,11,16H,2,5-10,12-13H2,(H3,20,21,26). The van der Waals surface area contributed by atoms with Gasteiger partial charge in [-0.15, -0.1) is 0 Å². The maximum Gasteiger partial charge on any atom is 0.312 e. The number of hydrogen-bond donors (Lipinski definition) is 2. The molecule has 1 aromatic carbocycles. The van der Waals surface area contributed by atoms with Crippen molar-refractivity contribution in [2.45, 2.75) is 18.9 Å². The van der Waals surface area contributed by atoms with Gasteiger partial charge in [0.1, 0.15) is 0 Å². The summed E-state index contributed by atoms with van der Waals surface area (Å²) < 4.78 is 0. The second-order valence-corrected chi connectivity index (χ2v) is 7.29. The average Bonchev–Trinajstić information content (AvgIpc) is 2.66. The number of carbonyl (C=O) groups is 2. The largest absolute Gasteiger partial charge is 0.369 e. The van der Waals surface area contributed by atoms with Crippen LogP contribution in [0, 0.1) is 0 Å². The molecule has 2 aliphatic heterocycles. The Labute approximate surface area is 159 Å². The van der Waals surface area contributed by atoms with Crippen LogP contribution in [0.4, 0.5) is 10.5 Å². The van der Waals surface area contributed by atoms with E-state index in [1.165, 1.54) is 0 Å². The van der Waals surface area contributed by atoms with Gasteiger partial charge in [-0.05, 0) is 31.0 Å². The predicted octanol–water partition coefficient (Wildman–Crippen LogP) is 1.12. The molecule has 0 aliphatic carbocycles. The Morgan fingerprint density at radius 1 is 1.19 bits per heavy atom. The minimum absolute atomic E-state index is 0.0232. The lowest BCUT2D eigenvalue weighted by molar-refractivity contribution is -0.132. The second-order valence-electron chi connectivity index (χ2n) is 6.86. The minimum atomic E-state index is -0.663. The number of piperidine rings is 1. The lowest BCUT2D eigenvalue weighted by Crippen LogP contribution is -2.56. The first kappa shape index (κ1) is 18.8. The number of carbonyl (C=O) groups excluding carboxylic acids is 2. The second kappa shape index (κ2) is 8.60. The van der Waals surface area contributed by atoms with Crippen molar-refractivity contribution in [1.29, 1.82) is 0 Å². The number of hydrogen-bond acceptors (Lipinski definition) is 4. The van der Waals surface area contributed by atoms with Crippen LogP contribution in [0.2, 0.25) is 5.02 Å². The van der Waals surface area contributed by atoms with Gasteiger partial charge in [-0.1, -0.05) is 17.7 Å². The number of primary amides is 1. The van der Waals surface area contributed by atoms with E-state index in [0.717, 1.165) is 62.8 Å². The van der Waals surface area contributed by atoms with Crippen molar-refractivity contribution in [3.63, 3.8) is 0 Å². The molecular formula is C18H26ClN5O2. The average molecular weight is 380 g/mol. The van der Waals surface area contributed by atoms with Crippen molar-refractivity contribution in [2.24, 2.45) is 5.73 Å². The normalized spacial score (nSPS) is 21.5. The van der Waals surface area contributed by atoms with E-state index in [0.29, 0.717) is 6.04 Å². The van der Waals surface area contributed by atoms with E-state index in [1.807, 2.05) is 23.1 Å². The van der Waals surface area contributed by atoms with Crippen LogP contribution in [0.3, 0.4) is 0 Å². The highest BCUT2D eigenvalue weighted by Gasteiger charge is 2.30. The zero-order chi connectivity index (χ0) is 18.5. The Morgan fingerprint density at radius 2 is 1.96 bits per heavy atom. The molecule has 0 saturated carbocycles. The van der Waals surface area contributed by atoms with E-state index >= 15 is 0 Å². The third-order valence-electron chi connectivity index (χ3n) is 5.17. The summed E-state index contributed by atoms with van der Waals surface area (Å²) in [6.45, 7) is 5.29. The Morgan fingerprint density at radius 3 is 2.65 bits per heavy atom. The van der Waals surface area contributed by atoms with Crippen LogP contribution in [0.1, 0.15) is 12.8 Å². The highest BCUT2D eigenvalue weighted by Crippen LogP contribution is 2.23. The maximum absolute atomic E-state index is 12.2. The fourth-order valence-corrected chi connectivity index (χ4v) is 3.96. The molecular weight excluding hydrogens is 354 g/mol. The Hall–Kier alpha value is -1.99. The van der Waals surface area contributed by atoms with E-state index in [2.05, 4.69) is 21.2 Å². The van der Waals surface area contributed by atoms with E-state index < -0.39 is 6.03 Å². The van der Waals surface area contributed by atoms with Crippen molar-refractivity contribution in [1.82, 2.24) is 15.1 Å². The van der Waals surface area contributed by atoms with Crippen LogP contribution in [-0.4, -0.2) is 73.6 Å². The third kappa shape index (κ3) is 4.80. The summed E-state index contributed by atoms with van der Waals surface area (Å²) >= 11 is 6.10. The predicted molar refractivity (Wildman–Crippen MR) is 102 cm³/mol. The van der Waals surface area contributed by atoms with Crippen LogP contribution >= 0.6 is 11.6 Å². The zero-order valence-electron chi connectivity index (χ0n) is 14.9. The summed E-state index contributed by atoms with van der Waals surface area (Å²) in [6.07, 6.45) is 2.09. The fraction of sp³-hybridized carbons (Fsp3) is 0.556. The topological polar surface area (TPSA) is 81.9 Å². The van der Waals surface area contributed by atoms with Crippen molar-refractivity contribution in [3.8, 4) is 0 Å². The Balaban J connectivity index is 1.51. The highest BCUT2D eigenvalue weighted by atomic mass is 35.5. The van der Waals surface area contributed by atoms with Crippen LogP contribution in [0.15, 0.2) is 24.3 Å². The SMILES string of the molecule is NC(=O)NCC(=O)N1CCCC(N2CCN(c3cccc(Cl)c3)CC2)C1. The highest BCUT2D eigenvalue weighted by molar-refractivity contribution is 6.30. The molecule has 26 heavy (non-hydrogen) atoms. The van der Waals surface area contributed by atoms with Crippen LogP contribution in [0.25, 0.3) is 0 Å². The molecule has 142 valence electrons. The van der Waals surface area contributed by atoms with Gasteiger partial charge in [0.15, 0.2) is 0 Å². The summed E-state index contributed by atoms with van der Waals surface area (Å²) in [5.74, 6) is -0.0638. The van der Waals surface area contributed by atoms with E-state index in [1.54, 1.807) is 0 Å². The number of rotatable bonds is 4. The molecule has 2 heterocycles. The molecule has 2 aliphatic rings. The van der Waals surface area contributed by atoms with Gasteiger partial charge in [0.25, 0.3) is 0 Å². The van der Waals surface area contributed by atoms with E-state index in [-0.39, 0.29) is 12.5 Å². The maximum atomic E-state index is 12.2. The lowest BCUT2D eigenvalue weighted by Gasteiger charge is -2.44. The number of urea groups is 1. The molecule has 3 amide bonds. The molecule has 0 bridgehead atoms. The van der Waals surface area contributed by atoms with Gasteiger partial charge >= 0.3 is 6.03 Å². The van der Waals surface area contributed by atoms with Crippen LogP contribution in [0.5, 0.6) is 0 Å². The fourth-order valence-electron chi connectivity index (χ4n) is 3.77. The van der Waals surface area contributed by atoms with Gasteiger partial charge in [0.05, 0.1) is 6.54 Å². The minimum Gasteiger partial charge on any atom is -0.369 e. The Bertz CT molecular complexity index is 648. The first-order valence-electron chi connectivity index (χ1n) is 9.08. The first-order valence-corrected chi connectivity index (χ1v) is 9.46. The number of likely N-dealkylation sites (tertiary alicyclic amines) is 1. The van der Waals surface area contributed by atoms with Crippen molar-refractivity contribution in [2.75, 3.05) is 50.7 Å². The zero-order valence-corrected chi connectivity index (χ0v) is 15.6. The molecule has 2 fully saturated rings. The summed E-state index contributed by atoms with van der Waals surface area (Å²) in [5.41, 5.74) is 6.21. The molecule has 1 aromatic rings. The molecule has 0 aromatic heterocycles. The smallest absolute Gasteiger partial charge is 0.312 e. The number of benzene rings is 1. The molecule has 0 spiro atoms. The van der Waals surface area contributed by atoms with Gasteiger partial charge in [0, 0.05) is 56.0 Å². The molecule has 3 rings (SSSR count). The summed E-state index contributed by atoms with van der Waals surface area (Å²) in [4.78, 5) is 29.7. The van der Waals surface area contributed by atoms with Gasteiger partial charge in [0.2, 0.25) is 5.91 Å². The van der Waals surface area contributed by atoms with Crippen molar-refractivity contribution in [3.05, 3.63) is 29.3 Å². The molecule has 1 unspecified atom stereocenters. The number of amides is 3. The number of anilines is 1. The quantitative estimate of drug-likeness (QED) is 0.821. The molecule has 7 nitrogen and oxygen atoms in total.